The number of carbonyl (C=O) groups excluding carboxylic acids is 1. The average Bonchev–Trinajstić information content (AvgIpc) is 2.63. The van der Waals surface area contributed by atoms with Crippen LogP contribution in [0.25, 0.3) is 0 Å². The summed E-state index contributed by atoms with van der Waals surface area (Å²) in [6.07, 6.45) is 0. The number of sulfonamides is 1. The van der Waals surface area contributed by atoms with Gasteiger partial charge in [0.05, 0.1) is 12.0 Å². The lowest BCUT2D eigenvalue weighted by Crippen LogP contribution is -2.30. The Morgan fingerprint density at radius 1 is 1.12 bits per heavy atom. The fourth-order valence-corrected chi connectivity index (χ4v) is 4.12. The highest BCUT2D eigenvalue weighted by atomic mass is 32.2. The number of anilines is 1. The van der Waals surface area contributed by atoms with E-state index in [1.807, 2.05) is 6.92 Å². The molecule has 0 radical (unpaired) electrons. The van der Waals surface area contributed by atoms with Gasteiger partial charge in [-0.25, -0.2) is 8.42 Å². The van der Waals surface area contributed by atoms with E-state index in [1.165, 1.54) is 16.4 Å². The van der Waals surface area contributed by atoms with Crippen molar-refractivity contribution in [3.05, 3.63) is 53.6 Å². The molecule has 0 atom stereocenters. The summed E-state index contributed by atoms with van der Waals surface area (Å²) >= 11 is 0. The van der Waals surface area contributed by atoms with Crippen LogP contribution >= 0.6 is 0 Å². The van der Waals surface area contributed by atoms with Crippen molar-refractivity contribution in [2.75, 3.05) is 25.5 Å². The first-order valence-electron chi connectivity index (χ1n) is 8.39. The van der Waals surface area contributed by atoms with Gasteiger partial charge in [-0.05, 0) is 42.8 Å². The Labute approximate surface area is 154 Å². The van der Waals surface area contributed by atoms with Crippen molar-refractivity contribution in [3.63, 3.8) is 0 Å². The van der Waals surface area contributed by atoms with Gasteiger partial charge in [0.15, 0.2) is 0 Å². The van der Waals surface area contributed by atoms with E-state index in [9.17, 15) is 13.2 Å². The number of hydrogen-bond donors (Lipinski definition) is 1. The Morgan fingerprint density at radius 3 is 2.42 bits per heavy atom. The first-order valence-corrected chi connectivity index (χ1v) is 9.83. The van der Waals surface area contributed by atoms with Gasteiger partial charge in [-0.3, -0.25) is 4.79 Å². The largest absolute Gasteiger partial charge is 0.496 e. The molecule has 0 aliphatic rings. The molecule has 1 amide bonds. The van der Waals surface area contributed by atoms with E-state index >= 15 is 0 Å². The summed E-state index contributed by atoms with van der Waals surface area (Å²) in [7, 11) is -2.03. The maximum absolute atomic E-state index is 12.6. The highest BCUT2D eigenvalue weighted by Gasteiger charge is 2.22. The lowest BCUT2D eigenvalue weighted by molar-refractivity contribution is 0.102. The number of benzene rings is 2. The van der Waals surface area contributed by atoms with Gasteiger partial charge < -0.3 is 10.1 Å². The summed E-state index contributed by atoms with van der Waals surface area (Å²) < 4.78 is 31.9. The van der Waals surface area contributed by atoms with Crippen LogP contribution in [0.4, 0.5) is 5.69 Å². The van der Waals surface area contributed by atoms with Gasteiger partial charge in [0.1, 0.15) is 5.75 Å². The lowest BCUT2D eigenvalue weighted by Gasteiger charge is -2.19. The molecule has 0 aromatic heterocycles. The topological polar surface area (TPSA) is 75.7 Å². The molecule has 6 nitrogen and oxygen atoms in total. The van der Waals surface area contributed by atoms with Crippen LogP contribution in [0.15, 0.2) is 47.4 Å². The zero-order valence-electron chi connectivity index (χ0n) is 15.4. The molecule has 140 valence electrons. The molecule has 0 saturated carbocycles. The van der Waals surface area contributed by atoms with Crippen LogP contribution in [-0.2, 0) is 10.0 Å². The predicted molar refractivity (Wildman–Crippen MR) is 102 cm³/mol. The molecule has 7 heteroatoms. The van der Waals surface area contributed by atoms with E-state index < -0.39 is 10.0 Å². The van der Waals surface area contributed by atoms with E-state index in [0.29, 0.717) is 30.1 Å². The molecule has 2 aromatic rings. The second-order valence-electron chi connectivity index (χ2n) is 5.76. The van der Waals surface area contributed by atoms with E-state index in [1.54, 1.807) is 51.3 Å². The molecule has 2 aromatic carbocycles. The zero-order chi connectivity index (χ0) is 19.3. The summed E-state index contributed by atoms with van der Waals surface area (Å²) in [5, 5.41) is 2.74. The normalized spacial score (nSPS) is 11.4. The zero-order valence-corrected chi connectivity index (χ0v) is 16.3. The third-order valence-corrected chi connectivity index (χ3v) is 6.15. The minimum Gasteiger partial charge on any atom is -0.496 e. The number of nitrogens with one attached hydrogen (secondary N) is 1. The number of carbonyl (C=O) groups is 1. The molecule has 0 spiro atoms. The third kappa shape index (κ3) is 4.23. The van der Waals surface area contributed by atoms with Gasteiger partial charge in [0, 0.05) is 24.3 Å². The third-order valence-electron chi connectivity index (χ3n) is 4.11. The quantitative estimate of drug-likeness (QED) is 0.805. The number of methoxy groups -OCH3 is 1. The first-order chi connectivity index (χ1) is 12.3. The van der Waals surface area contributed by atoms with Crippen LogP contribution in [0.3, 0.4) is 0 Å². The van der Waals surface area contributed by atoms with Gasteiger partial charge in [-0.15, -0.1) is 0 Å². The fraction of sp³-hybridized carbons (Fsp3) is 0.316. The van der Waals surface area contributed by atoms with Crippen molar-refractivity contribution in [2.24, 2.45) is 0 Å². The van der Waals surface area contributed by atoms with E-state index in [0.717, 1.165) is 5.56 Å². The molecule has 0 aliphatic carbocycles. The monoisotopic (exact) mass is 376 g/mol. The Balaban J connectivity index is 2.27. The highest BCUT2D eigenvalue weighted by molar-refractivity contribution is 7.89. The SMILES string of the molecule is CCN(CC)S(=O)(=O)c1cccc(NC(=O)c2ccc(C)c(OC)c2)c1. The van der Waals surface area contributed by atoms with Crippen LogP contribution in [-0.4, -0.2) is 38.8 Å². The van der Waals surface area contributed by atoms with Crippen molar-refractivity contribution >= 4 is 21.6 Å². The van der Waals surface area contributed by atoms with Gasteiger partial charge >= 0.3 is 0 Å². The molecule has 1 N–H and O–H groups in total. The Morgan fingerprint density at radius 2 is 1.81 bits per heavy atom. The number of ether oxygens (including phenoxy) is 1. The van der Waals surface area contributed by atoms with Crippen molar-refractivity contribution in [1.29, 1.82) is 0 Å². The smallest absolute Gasteiger partial charge is 0.255 e. The number of amides is 1. The second-order valence-corrected chi connectivity index (χ2v) is 7.69. The number of nitrogens with zero attached hydrogens (tertiary/aromatic N) is 1. The van der Waals surface area contributed by atoms with Crippen LogP contribution < -0.4 is 10.1 Å². The maximum atomic E-state index is 12.6. The molecular weight excluding hydrogens is 352 g/mol. The number of rotatable bonds is 7. The van der Waals surface area contributed by atoms with Crippen LogP contribution in [0.1, 0.15) is 29.8 Å². The van der Waals surface area contributed by atoms with Gasteiger partial charge in [0.2, 0.25) is 10.0 Å². The minimum atomic E-state index is -3.58. The summed E-state index contributed by atoms with van der Waals surface area (Å²) in [5.41, 5.74) is 1.78. The van der Waals surface area contributed by atoms with E-state index in [4.69, 9.17) is 4.74 Å². The maximum Gasteiger partial charge on any atom is 0.255 e. The van der Waals surface area contributed by atoms with Gasteiger partial charge in [-0.2, -0.15) is 4.31 Å². The van der Waals surface area contributed by atoms with Crippen molar-refractivity contribution in [1.82, 2.24) is 4.31 Å². The van der Waals surface area contributed by atoms with E-state index in [-0.39, 0.29) is 10.8 Å². The Bertz CT molecular complexity index is 890. The Kier molecular flexibility index (Phi) is 6.39. The number of hydrogen-bond acceptors (Lipinski definition) is 4. The molecule has 26 heavy (non-hydrogen) atoms. The van der Waals surface area contributed by atoms with Crippen LogP contribution in [0, 0.1) is 6.92 Å². The molecule has 0 heterocycles. The van der Waals surface area contributed by atoms with Crippen LogP contribution in [0.5, 0.6) is 5.75 Å². The number of aryl methyl sites for hydroxylation is 1. The van der Waals surface area contributed by atoms with Gasteiger partial charge in [0.25, 0.3) is 5.91 Å². The molecule has 0 bridgehead atoms. The summed E-state index contributed by atoms with van der Waals surface area (Å²) in [6.45, 7) is 6.24. The summed E-state index contributed by atoms with van der Waals surface area (Å²) in [4.78, 5) is 12.6. The Hall–Kier alpha value is -2.38. The highest BCUT2D eigenvalue weighted by Crippen LogP contribution is 2.22. The lowest BCUT2D eigenvalue weighted by atomic mass is 10.1. The van der Waals surface area contributed by atoms with Crippen molar-refractivity contribution in [3.8, 4) is 5.75 Å². The molecule has 0 unspecified atom stereocenters. The predicted octanol–water partition coefficient (Wildman–Crippen LogP) is 3.29. The molecular formula is C19H24N2O4S. The van der Waals surface area contributed by atoms with Gasteiger partial charge in [-0.1, -0.05) is 26.0 Å². The van der Waals surface area contributed by atoms with Crippen molar-refractivity contribution < 1.29 is 17.9 Å². The summed E-state index contributed by atoms with van der Waals surface area (Å²) in [5.74, 6) is 0.288. The molecule has 0 aliphatic heterocycles. The van der Waals surface area contributed by atoms with Crippen molar-refractivity contribution in [2.45, 2.75) is 25.7 Å². The molecule has 0 fully saturated rings. The average molecular weight is 376 g/mol. The molecule has 0 saturated heterocycles. The molecule has 2 rings (SSSR count). The second kappa shape index (κ2) is 8.33. The van der Waals surface area contributed by atoms with E-state index in [2.05, 4.69) is 5.32 Å². The first kappa shape index (κ1) is 19.9. The van der Waals surface area contributed by atoms with Crippen LogP contribution in [0.2, 0.25) is 0 Å². The minimum absolute atomic E-state index is 0.153. The summed E-state index contributed by atoms with van der Waals surface area (Å²) in [6, 6.07) is 11.4. The standard InChI is InChI=1S/C19H24N2O4S/c1-5-21(6-2)26(23,24)17-9-7-8-16(13-17)20-19(22)15-11-10-14(3)18(12-15)25-4/h7-13H,5-6H2,1-4H3,(H,20,22). The fourth-order valence-electron chi connectivity index (χ4n) is 2.61.